The summed E-state index contributed by atoms with van der Waals surface area (Å²) in [4.78, 5) is 4.29. The zero-order valence-electron chi connectivity index (χ0n) is 8.59. The van der Waals surface area contributed by atoms with E-state index in [1.807, 2.05) is 13.1 Å². The lowest BCUT2D eigenvalue weighted by Crippen LogP contribution is -1.99. The first-order valence-electron chi connectivity index (χ1n) is 4.40. The maximum Gasteiger partial charge on any atom is 0.160 e. The average Bonchev–Trinajstić information content (AvgIpc) is 2.16. The second kappa shape index (κ2) is 4.12. The molecule has 0 amide bonds. The van der Waals surface area contributed by atoms with Gasteiger partial charge in [0, 0.05) is 12.7 Å². The number of hydrogen-bond donors (Lipinski definition) is 1. The molecular formula is C10H16N2O. The van der Waals surface area contributed by atoms with E-state index >= 15 is 0 Å². The van der Waals surface area contributed by atoms with E-state index in [1.165, 1.54) is 0 Å². The largest absolute Gasteiger partial charge is 0.493 e. The fraction of sp³-hybridized carbons (Fsp3) is 0.500. The molecule has 13 heavy (non-hydrogen) atoms. The van der Waals surface area contributed by atoms with Crippen molar-refractivity contribution in [3.8, 4) is 5.75 Å². The van der Waals surface area contributed by atoms with Crippen LogP contribution in [0.25, 0.3) is 0 Å². The number of aromatic nitrogens is 1. The van der Waals surface area contributed by atoms with Crippen LogP contribution in [0.3, 0.4) is 0 Å². The van der Waals surface area contributed by atoms with Gasteiger partial charge in [0.2, 0.25) is 0 Å². The summed E-state index contributed by atoms with van der Waals surface area (Å²) in [7, 11) is 3.52. The van der Waals surface area contributed by atoms with Gasteiger partial charge in [-0.05, 0) is 12.0 Å². The summed E-state index contributed by atoms with van der Waals surface area (Å²) in [6, 6.07) is 2.02. The summed E-state index contributed by atoms with van der Waals surface area (Å²) in [6.07, 6.45) is 1.75. The Morgan fingerprint density at radius 1 is 1.46 bits per heavy atom. The van der Waals surface area contributed by atoms with Crippen LogP contribution in [0, 0.1) is 0 Å². The number of anilines is 1. The third kappa shape index (κ3) is 2.11. The predicted molar refractivity (Wildman–Crippen MR) is 54.4 cm³/mol. The molecule has 0 saturated heterocycles. The van der Waals surface area contributed by atoms with Crippen LogP contribution in [-0.2, 0) is 0 Å². The third-order valence-electron chi connectivity index (χ3n) is 1.97. The molecule has 0 bridgehead atoms. The number of nitrogens with one attached hydrogen (secondary N) is 1. The lowest BCUT2D eigenvalue weighted by molar-refractivity contribution is 0.414. The van der Waals surface area contributed by atoms with Crippen molar-refractivity contribution < 1.29 is 4.74 Å². The Morgan fingerprint density at radius 3 is 2.62 bits per heavy atom. The Bertz CT molecular complexity index is 284. The third-order valence-corrected chi connectivity index (χ3v) is 1.97. The second-order valence-corrected chi connectivity index (χ2v) is 3.21. The smallest absolute Gasteiger partial charge is 0.160 e. The van der Waals surface area contributed by atoms with E-state index in [2.05, 4.69) is 24.1 Å². The SMILES string of the molecule is CNc1cc(C(C)C)ncc1OC. The fourth-order valence-corrected chi connectivity index (χ4v) is 1.13. The zero-order valence-corrected chi connectivity index (χ0v) is 8.59. The average molecular weight is 180 g/mol. The summed E-state index contributed by atoms with van der Waals surface area (Å²) >= 11 is 0. The Labute approximate surface area is 79.1 Å². The standard InChI is InChI=1S/C10H16N2O/c1-7(2)8-5-9(11-3)10(13-4)6-12-8/h5-7H,1-4H3,(H,11,12). The summed E-state index contributed by atoms with van der Waals surface area (Å²) in [6.45, 7) is 4.24. The Morgan fingerprint density at radius 2 is 2.15 bits per heavy atom. The van der Waals surface area contributed by atoms with E-state index in [1.54, 1.807) is 13.3 Å². The summed E-state index contributed by atoms with van der Waals surface area (Å²) < 4.78 is 5.15. The number of rotatable bonds is 3. The van der Waals surface area contributed by atoms with Crippen LogP contribution in [-0.4, -0.2) is 19.1 Å². The van der Waals surface area contributed by atoms with Crippen molar-refractivity contribution in [2.45, 2.75) is 19.8 Å². The molecule has 0 fully saturated rings. The van der Waals surface area contributed by atoms with Crippen molar-refractivity contribution in [3.05, 3.63) is 18.0 Å². The monoisotopic (exact) mass is 180 g/mol. The molecule has 1 aromatic rings. The summed E-state index contributed by atoms with van der Waals surface area (Å²) in [5, 5.41) is 3.08. The molecule has 0 aliphatic heterocycles. The van der Waals surface area contributed by atoms with Crippen molar-refractivity contribution in [1.82, 2.24) is 4.98 Å². The molecule has 1 N–H and O–H groups in total. The van der Waals surface area contributed by atoms with E-state index in [0.29, 0.717) is 5.92 Å². The molecule has 72 valence electrons. The number of ether oxygens (including phenoxy) is 1. The second-order valence-electron chi connectivity index (χ2n) is 3.21. The number of methoxy groups -OCH3 is 1. The van der Waals surface area contributed by atoms with Crippen molar-refractivity contribution in [3.63, 3.8) is 0 Å². The van der Waals surface area contributed by atoms with Crippen LogP contribution >= 0.6 is 0 Å². The van der Waals surface area contributed by atoms with E-state index in [9.17, 15) is 0 Å². The minimum Gasteiger partial charge on any atom is -0.493 e. The Kier molecular flexibility index (Phi) is 3.12. The first-order chi connectivity index (χ1) is 6.19. The van der Waals surface area contributed by atoms with Crippen LogP contribution in [0.1, 0.15) is 25.5 Å². The molecule has 0 saturated carbocycles. The van der Waals surface area contributed by atoms with E-state index < -0.39 is 0 Å². The summed E-state index contributed by atoms with van der Waals surface area (Å²) in [5.74, 6) is 1.23. The molecule has 0 aliphatic rings. The molecule has 0 spiro atoms. The van der Waals surface area contributed by atoms with Crippen molar-refractivity contribution in [1.29, 1.82) is 0 Å². The first kappa shape index (κ1) is 9.84. The van der Waals surface area contributed by atoms with E-state index in [-0.39, 0.29) is 0 Å². The molecule has 1 rings (SSSR count). The zero-order chi connectivity index (χ0) is 9.84. The Hall–Kier alpha value is -1.25. The summed E-state index contributed by atoms with van der Waals surface area (Å²) in [5.41, 5.74) is 2.06. The van der Waals surface area contributed by atoms with Gasteiger partial charge in [0.15, 0.2) is 5.75 Å². The minimum absolute atomic E-state index is 0.443. The highest BCUT2D eigenvalue weighted by Gasteiger charge is 2.06. The lowest BCUT2D eigenvalue weighted by Gasteiger charge is -2.10. The van der Waals surface area contributed by atoms with Gasteiger partial charge in [0.1, 0.15) is 0 Å². The van der Waals surface area contributed by atoms with Gasteiger partial charge >= 0.3 is 0 Å². The molecule has 0 radical (unpaired) electrons. The molecule has 1 heterocycles. The van der Waals surface area contributed by atoms with E-state index in [0.717, 1.165) is 17.1 Å². The maximum absolute atomic E-state index is 5.15. The normalized spacial score (nSPS) is 10.2. The maximum atomic E-state index is 5.15. The van der Waals surface area contributed by atoms with Gasteiger partial charge in [-0.25, -0.2) is 0 Å². The van der Waals surface area contributed by atoms with Gasteiger partial charge in [0.25, 0.3) is 0 Å². The highest BCUT2D eigenvalue weighted by molar-refractivity contribution is 5.55. The van der Waals surface area contributed by atoms with E-state index in [4.69, 9.17) is 4.74 Å². The van der Waals surface area contributed by atoms with Gasteiger partial charge in [-0.15, -0.1) is 0 Å². The van der Waals surface area contributed by atoms with Crippen LogP contribution < -0.4 is 10.1 Å². The molecule has 1 aromatic heterocycles. The van der Waals surface area contributed by atoms with Crippen molar-refractivity contribution in [2.24, 2.45) is 0 Å². The highest BCUT2D eigenvalue weighted by atomic mass is 16.5. The molecule has 3 nitrogen and oxygen atoms in total. The van der Waals surface area contributed by atoms with Crippen LogP contribution in [0.15, 0.2) is 12.3 Å². The quantitative estimate of drug-likeness (QED) is 0.774. The minimum atomic E-state index is 0.443. The number of hydrogen-bond acceptors (Lipinski definition) is 3. The Balaban J connectivity index is 3.05. The van der Waals surface area contributed by atoms with Gasteiger partial charge in [-0.2, -0.15) is 0 Å². The molecule has 0 atom stereocenters. The van der Waals surface area contributed by atoms with Crippen molar-refractivity contribution >= 4 is 5.69 Å². The number of pyridine rings is 1. The topological polar surface area (TPSA) is 34.2 Å². The fourth-order valence-electron chi connectivity index (χ4n) is 1.13. The first-order valence-corrected chi connectivity index (χ1v) is 4.40. The van der Waals surface area contributed by atoms with Gasteiger partial charge in [-0.3, -0.25) is 4.98 Å². The predicted octanol–water partition coefficient (Wildman–Crippen LogP) is 2.26. The highest BCUT2D eigenvalue weighted by Crippen LogP contribution is 2.25. The lowest BCUT2D eigenvalue weighted by atomic mass is 10.1. The van der Waals surface area contributed by atoms with Crippen molar-refractivity contribution in [2.75, 3.05) is 19.5 Å². The van der Waals surface area contributed by atoms with Crippen LogP contribution in [0.5, 0.6) is 5.75 Å². The molecule has 0 aromatic carbocycles. The molecular weight excluding hydrogens is 164 g/mol. The number of nitrogens with zero attached hydrogens (tertiary/aromatic N) is 1. The molecule has 3 heteroatoms. The van der Waals surface area contributed by atoms with Gasteiger partial charge < -0.3 is 10.1 Å². The molecule has 0 aliphatic carbocycles. The van der Waals surface area contributed by atoms with Crippen LogP contribution in [0.4, 0.5) is 5.69 Å². The van der Waals surface area contributed by atoms with Gasteiger partial charge in [0.05, 0.1) is 19.0 Å². The van der Waals surface area contributed by atoms with Gasteiger partial charge in [-0.1, -0.05) is 13.8 Å². The molecule has 0 unspecified atom stereocenters. The van der Waals surface area contributed by atoms with Crippen LogP contribution in [0.2, 0.25) is 0 Å².